The Morgan fingerprint density at radius 1 is 1.17 bits per heavy atom. The lowest BCUT2D eigenvalue weighted by atomic mass is 10.1. The largest absolute Gasteiger partial charge is 0.497 e. The van der Waals surface area contributed by atoms with E-state index in [0.717, 1.165) is 22.6 Å². The maximum absolute atomic E-state index is 12.9. The van der Waals surface area contributed by atoms with E-state index >= 15 is 0 Å². The third kappa shape index (κ3) is 3.50. The second-order valence-electron chi connectivity index (χ2n) is 5.85. The number of methoxy groups -OCH3 is 1. The van der Waals surface area contributed by atoms with Crippen molar-refractivity contribution in [2.24, 2.45) is 0 Å². The minimum Gasteiger partial charge on any atom is -0.497 e. The molecule has 0 aliphatic carbocycles. The number of aromatic amines is 1. The van der Waals surface area contributed by atoms with Crippen LogP contribution in [0.3, 0.4) is 0 Å². The van der Waals surface area contributed by atoms with Crippen LogP contribution in [-0.2, 0) is 6.54 Å². The van der Waals surface area contributed by atoms with E-state index < -0.39 is 0 Å². The number of ether oxygens (including phenoxy) is 1. The summed E-state index contributed by atoms with van der Waals surface area (Å²) < 4.78 is 5.15. The summed E-state index contributed by atoms with van der Waals surface area (Å²) in [5.74, 6) is 0.662. The molecule has 0 unspecified atom stereocenters. The fourth-order valence-corrected chi connectivity index (χ4v) is 2.93. The van der Waals surface area contributed by atoms with Gasteiger partial charge < -0.3 is 14.6 Å². The summed E-state index contributed by atoms with van der Waals surface area (Å²) in [5, 5.41) is 0. The molecule has 1 heterocycles. The zero-order chi connectivity index (χ0) is 17.9. The fraction of sp³-hybridized carbons (Fsp3) is 0.368. The number of amides is 1. The number of aromatic nitrogens is 1. The molecule has 0 saturated heterocycles. The van der Waals surface area contributed by atoms with E-state index in [4.69, 9.17) is 4.74 Å². The molecule has 5 nitrogen and oxygen atoms in total. The Morgan fingerprint density at radius 2 is 1.79 bits per heavy atom. The van der Waals surface area contributed by atoms with Crippen molar-refractivity contribution in [2.45, 2.75) is 34.2 Å². The van der Waals surface area contributed by atoms with Gasteiger partial charge in [-0.15, -0.1) is 0 Å². The number of nitrogens with one attached hydrogen (secondary N) is 1. The van der Waals surface area contributed by atoms with Gasteiger partial charge in [0.15, 0.2) is 5.78 Å². The number of carbonyl (C=O) groups excluding carboxylic acids is 2. The summed E-state index contributed by atoms with van der Waals surface area (Å²) in [5.41, 5.74) is 3.59. The van der Waals surface area contributed by atoms with Crippen molar-refractivity contribution < 1.29 is 14.3 Å². The molecule has 0 aliphatic rings. The van der Waals surface area contributed by atoms with Crippen LogP contribution >= 0.6 is 0 Å². The number of hydrogen-bond acceptors (Lipinski definition) is 3. The number of carbonyl (C=O) groups is 2. The van der Waals surface area contributed by atoms with Crippen molar-refractivity contribution in [3.8, 4) is 5.75 Å². The van der Waals surface area contributed by atoms with Gasteiger partial charge in [0.05, 0.1) is 7.11 Å². The molecular formula is C19H24N2O3. The Hall–Kier alpha value is -2.56. The number of H-pyrrole nitrogens is 1. The number of hydrogen-bond donors (Lipinski definition) is 1. The van der Waals surface area contributed by atoms with Gasteiger partial charge in [-0.3, -0.25) is 9.59 Å². The van der Waals surface area contributed by atoms with Gasteiger partial charge >= 0.3 is 0 Å². The molecule has 0 aliphatic heterocycles. The van der Waals surface area contributed by atoms with Gasteiger partial charge in [-0.2, -0.15) is 0 Å². The van der Waals surface area contributed by atoms with Gasteiger partial charge in [-0.05, 0) is 51.0 Å². The first-order valence-corrected chi connectivity index (χ1v) is 8.01. The quantitative estimate of drug-likeness (QED) is 0.826. The van der Waals surface area contributed by atoms with Crippen LogP contribution in [-0.4, -0.2) is 35.2 Å². The highest BCUT2D eigenvalue weighted by Gasteiger charge is 2.23. The topological polar surface area (TPSA) is 62.4 Å². The Balaban J connectivity index is 2.25. The molecular weight excluding hydrogens is 304 g/mol. The molecule has 1 aromatic carbocycles. The van der Waals surface area contributed by atoms with Gasteiger partial charge in [-0.25, -0.2) is 0 Å². The van der Waals surface area contributed by atoms with Crippen LogP contribution in [0.1, 0.15) is 51.5 Å². The molecule has 24 heavy (non-hydrogen) atoms. The summed E-state index contributed by atoms with van der Waals surface area (Å²) >= 11 is 0. The number of benzene rings is 1. The van der Waals surface area contributed by atoms with E-state index in [0.29, 0.717) is 24.3 Å². The zero-order valence-corrected chi connectivity index (χ0v) is 14.9. The molecule has 1 N–H and O–H groups in total. The summed E-state index contributed by atoms with van der Waals surface area (Å²) in [4.78, 5) is 29.5. The fourth-order valence-electron chi connectivity index (χ4n) is 2.93. The predicted octanol–water partition coefficient (Wildman–Crippen LogP) is 3.51. The summed E-state index contributed by atoms with van der Waals surface area (Å²) in [7, 11) is 1.62. The molecule has 0 atom stereocenters. The predicted molar refractivity (Wildman–Crippen MR) is 93.7 cm³/mol. The molecule has 1 amide bonds. The van der Waals surface area contributed by atoms with Crippen LogP contribution in [0.5, 0.6) is 5.75 Å². The Labute approximate surface area is 142 Å². The summed E-state index contributed by atoms with van der Waals surface area (Å²) in [6.07, 6.45) is 0. The van der Waals surface area contributed by atoms with Crippen LogP contribution in [0.25, 0.3) is 0 Å². The number of rotatable bonds is 6. The lowest BCUT2D eigenvalue weighted by molar-refractivity contribution is 0.0746. The third-order valence-corrected chi connectivity index (χ3v) is 4.20. The summed E-state index contributed by atoms with van der Waals surface area (Å²) in [6.45, 7) is 8.18. The zero-order valence-electron chi connectivity index (χ0n) is 14.9. The van der Waals surface area contributed by atoms with Crippen LogP contribution in [0.4, 0.5) is 0 Å². The van der Waals surface area contributed by atoms with Crippen molar-refractivity contribution in [2.75, 3.05) is 13.7 Å². The Bertz CT molecular complexity index is 745. The van der Waals surface area contributed by atoms with Crippen molar-refractivity contribution in [1.29, 1.82) is 0 Å². The van der Waals surface area contributed by atoms with Crippen molar-refractivity contribution >= 4 is 11.7 Å². The van der Waals surface area contributed by atoms with Gasteiger partial charge in [0.1, 0.15) is 11.4 Å². The standard InChI is InChI=1S/C19H24N2O3/c1-6-21(11-15-7-9-16(24-5)10-8-15)19(23)18-12(2)17(14(4)22)13(3)20-18/h7-10,20H,6,11H2,1-5H3. The van der Waals surface area contributed by atoms with Gasteiger partial charge in [0.2, 0.25) is 0 Å². The Kier molecular flexibility index (Phi) is 5.44. The molecule has 0 spiro atoms. The highest BCUT2D eigenvalue weighted by atomic mass is 16.5. The van der Waals surface area contributed by atoms with E-state index in [9.17, 15) is 9.59 Å². The van der Waals surface area contributed by atoms with Gasteiger partial charge in [-0.1, -0.05) is 12.1 Å². The van der Waals surface area contributed by atoms with Gasteiger partial charge in [0, 0.05) is 24.3 Å². The molecule has 0 radical (unpaired) electrons. The number of aryl methyl sites for hydroxylation is 1. The first-order valence-electron chi connectivity index (χ1n) is 8.01. The average Bonchev–Trinajstić information content (AvgIpc) is 2.87. The normalized spacial score (nSPS) is 10.5. The van der Waals surface area contributed by atoms with E-state index in [1.54, 1.807) is 12.0 Å². The molecule has 0 bridgehead atoms. The SMILES string of the molecule is CCN(Cc1ccc(OC)cc1)C(=O)c1[nH]c(C)c(C(C)=O)c1C. The van der Waals surface area contributed by atoms with Crippen LogP contribution in [0, 0.1) is 13.8 Å². The number of Topliss-reactive ketones (excluding diaryl/α,β-unsaturated/α-hetero) is 1. The monoisotopic (exact) mass is 328 g/mol. The van der Waals surface area contributed by atoms with Crippen LogP contribution in [0.2, 0.25) is 0 Å². The smallest absolute Gasteiger partial charge is 0.270 e. The average molecular weight is 328 g/mol. The molecule has 0 saturated carbocycles. The van der Waals surface area contributed by atoms with Crippen LogP contribution < -0.4 is 4.74 Å². The maximum atomic E-state index is 12.9. The number of ketones is 1. The van der Waals surface area contributed by atoms with E-state index in [-0.39, 0.29) is 11.7 Å². The molecule has 128 valence electrons. The highest BCUT2D eigenvalue weighted by molar-refractivity contribution is 6.02. The minimum atomic E-state index is -0.0959. The maximum Gasteiger partial charge on any atom is 0.270 e. The number of nitrogens with zero attached hydrogens (tertiary/aromatic N) is 1. The van der Waals surface area contributed by atoms with Crippen molar-refractivity contribution in [3.63, 3.8) is 0 Å². The van der Waals surface area contributed by atoms with Crippen molar-refractivity contribution in [3.05, 3.63) is 52.3 Å². The second-order valence-corrected chi connectivity index (χ2v) is 5.85. The molecule has 1 aromatic heterocycles. The minimum absolute atomic E-state index is 0.0292. The first-order chi connectivity index (χ1) is 11.4. The lowest BCUT2D eigenvalue weighted by Gasteiger charge is -2.21. The first kappa shape index (κ1) is 17.8. The molecule has 2 rings (SSSR count). The second kappa shape index (κ2) is 7.34. The van der Waals surface area contributed by atoms with E-state index in [2.05, 4.69) is 4.98 Å². The van der Waals surface area contributed by atoms with E-state index in [1.807, 2.05) is 45.0 Å². The lowest BCUT2D eigenvalue weighted by Crippen LogP contribution is -2.31. The summed E-state index contributed by atoms with van der Waals surface area (Å²) in [6, 6.07) is 7.66. The van der Waals surface area contributed by atoms with Gasteiger partial charge in [0.25, 0.3) is 5.91 Å². The van der Waals surface area contributed by atoms with Crippen molar-refractivity contribution in [1.82, 2.24) is 9.88 Å². The van der Waals surface area contributed by atoms with E-state index in [1.165, 1.54) is 6.92 Å². The molecule has 0 fully saturated rings. The molecule has 5 heteroatoms. The molecule has 2 aromatic rings. The van der Waals surface area contributed by atoms with Crippen LogP contribution in [0.15, 0.2) is 24.3 Å². The highest BCUT2D eigenvalue weighted by Crippen LogP contribution is 2.21. The third-order valence-electron chi connectivity index (χ3n) is 4.20. The Morgan fingerprint density at radius 3 is 2.25 bits per heavy atom.